The third kappa shape index (κ3) is 1.89. The number of rotatable bonds is 6. The van der Waals surface area contributed by atoms with E-state index in [1.165, 1.54) is 0 Å². The van der Waals surface area contributed by atoms with Crippen LogP contribution in [-0.2, 0) is 13.6 Å². The lowest BCUT2D eigenvalue weighted by Crippen LogP contribution is -2.27. The number of hydrogen-bond donors (Lipinski definition) is 1. The molecule has 2 N–H and O–H groups in total. The van der Waals surface area contributed by atoms with Gasteiger partial charge < -0.3 is 14.8 Å². The number of hydrogen-bond acceptors (Lipinski definition) is 4. The highest BCUT2D eigenvalue weighted by Gasteiger charge is 2.64. The lowest BCUT2D eigenvalue weighted by atomic mass is 10.3. The first kappa shape index (κ1) is 12.2. The summed E-state index contributed by atoms with van der Waals surface area (Å²) in [5.41, 5.74) is 6.04. The molecule has 1 fully saturated rings. The molecule has 1 aliphatic rings. The molecule has 0 heterocycles. The van der Waals surface area contributed by atoms with Crippen molar-refractivity contribution in [2.75, 3.05) is 13.2 Å². The third-order valence-electron chi connectivity index (χ3n) is 2.72. The van der Waals surface area contributed by atoms with Crippen LogP contribution in [0.2, 0.25) is 0 Å². The molecule has 0 spiro atoms. The molecule has 0 aromatic heterocycles. The first-order valence-corrected chi connectivity index (χ1v) is 6.76. The van der Waals surface area contributed by atoms with Crippen LogP contribution in [0.3, 0.4) is 0 Å². The SMILES string of the molecule is CCOP(=O)(OCC)[C@@]1(N)C[C@@H]1CC. The highest BCUT2D eigenvalue weighted by atomic mass is 31.2. The largest absolute Gasteiger partial charge is 0.350 e. The molecule has 0 saturated heterocycles. The van der Waals surface area contributed by atoms with Gasteiger partial charge in [0.25, 0.3) is 0 Å². The van der Waals surface area contributed by atoms with E-state index in [-0.39, 0.29) is 5.92 Å². The van der Waals surface area contributed by atoms with Crippen molar-refractivity contribution in [3.05, 3.63) is 0 Å². The Morgan fingerprint density at radius 1 is 1.36 bits per heavy atom. The Balaban J connectivity index is 2.74. The van der Waals surface area contributed by atoms with E-state index in [9.17, 15) is 4.57 Å². The zero-order valence-corrected chi connectivity index (χ0v) is 10.0. The van der Waals surface area contributed by atoms with Gasteiger partial charge in [-0.2, -0.15) is 0 Å². The molecular formula is C9H20NO3P. The third-order valence-corrected chi connectivity index (χ3v) is 5.48. The van der Waals surface area contributed by atoms with Crippen LogP contribution in [0.15, 0.2) is 0 Å². The summed E-state index contributed by atoms with van der Waals surface area (Å²) in [6.45, 7) is 6.41. The maximum atomic E-state index is 12.3. The van der Waals surface area contributed by atoms with Gasteiger partial charge in [-0.3, -0.25) is 4.57 Å². The Kier molecular flexibility index (Phi) is 3.75. The van der Waals surface area contributed by atoms with Crippen LogP contribution in [0.1, 0.15) is 33.6 Å². The van der Waals surface area contributed by atoms with E-state index in [0.717, 1.165) is 12.8 Å². The Morgan fingerprint density at radius 3 is 2.14 bits per heavy atom. The molecule has 0 aromatic rings. The lowest BCUT2D eigenvalue weighted by Gasteiger charge is -2.23. The molecule has 1 saturated carbocycles. The first-order chi connectivity index (χ1) is 6.54. The van der Waals surface area contributed by atoms with Crippen molar-refractivity contribution in [2.45, 2.75) is 38.9 Å². The van der Waals surface area contributed by atoms with Crippen LogP contribution in [0.25, 0.3) is 0 Å². The summed E-state index contributed by atoms with van der Waals surface area (Å²) in [4.78, 5) is 0. The smallest absolute Gasteiger partial charge is 0.315 e. The molecule has 0 amide bonds. The van der Waals surface area contributed by atoms with Gasteiger partial charge in [0.1, 0.15) is 5.28 Å². The monoisotopic (exact) mass is 221 g/mol. The zero-order valence-electron chi connectivity index (χ0n) is 9.16. The Labute approximate surface area is 85.7 Å². The zero-order chi connectivity index (χ0) is 10.8. The molecule has 0 unspecified atom stereocenters. The average Bonchev–Trinajstić information content (AvgIpc) is 2.80. The molecule has 14 heavy (non-hydrogen) atoms. The van der Waals surface area contributed by atoms with E-state index in [0.29, 0.717) is 13.2 Å². The van der Waals surface area contributed by atoms with Gasteiger partial charge >= 0.3 is 7.60 Å². The van der Waals surface area contributed by atoms with Crippen LogP contribution in [0, 0.1) is 5.92 Å². The van der Waals surface area contributed by atoms with Gasteiger partial charge in [0.05, 0.1) is 13.2 Å². The molecule has 2 atom stereocenters. The van der Waals surface area contributed by atoms with Crippen molar-refractivity contribution in [1.82, 2.24) is 0 Å². The van der Waals surface area contributed by atoms with Gasteiger partial charge in [-0.05, 0) is 26.2 Å². The molecule has 0 bridgehead atoms. The molecule has 0 aliphatic heterocycles. The summed E-state index contributed by atoms with van der Waals surface area (Å²) in [6, 6.07) is 0. The summed E-state index contributed by atoms with van der Waals surface area (Å²) in [6.07, 6.45) is 1.68. The predicted octanol–water partition coefficient (Wildman–Crippen LogP) is 2.34. The Hall–Kier alpha value is 0.110. The summed E-state index contributed by atoms with van der Waals surface area (Å²) < 4.78 is 22.8. The van der Waals surface area contributed by atoms with Crippen molar-refractivity contribution in [1.29, 1.82) is 0 Å². The van der Waals surface area contributed by atoms with Crippen molar-refractivity contribution < 1.29 is 13.6 Å². The van der Waals surface area contributed by atoms with Crippen LogP contribution in [-0.4, -0.2) is 18.5 Å². The minimum Gasteiger partial charge on any atom is -0.315 e. The normalized spacial score (nSPS) is 31.9. The highest BCUT2D eigenvalue weighted by Crippen LogP contribution is 2.71. The number of nitrogens with two attached hydrogens (primary N) is 1. The van der Waals surface area contributed by atoms with Gasteiger partial charge in [0.15, 0.2) is 0 Å². The van der Waals surface area contributed by atoms with E-state index < -0.39 is 12.9 Å². The Morgan fingerprint density at radius 2 is 1.86 bits per heavy atom. The van der Waals surface area contributed by atoms with Gasteiger partial charge in [0, 0.05) is 0 Å². The minimum atomic E-state index is -3.09. The van der Waals surface area contributed by atoms with Gasteiger partial charge in [-0.25, -0.2) is 0 Å². The molecule has 84 valence electrons. The van der Waals surface area contributed by atoms with E-state index in [1.54, 1.807) is 13.8 Å². The topological polar surface area (TPSA) is 61.5 Å². The van der Waals surface area contributed by atoms with Gasteiger partial charge in [-0.1, -0.05) is 13.3 Å². The van der Waals surface area contributed by atoms with Crippen molar-refractivity contribution in [2.24, 2.45) is 11.7 Å². The van der Waals surface area contributed by atoms with Crippen molar-refractivity contribution in [3.63, 3.8) is 0 Å². The van der Waals surface area contributed by atoms with Crippen LogP contribution >= 0.6 is 7.60 Å². The Bertz CT molecular complexity index is 236. The van der Waals surface area contributed by atoms with Crippen LogP contribution < -0.4 is 5.73 Å². The van der Waals surface area contributed by atoms with E-state index >= 15 is 0 Å². The van der Waals surface area contributed by atoms with Crippen molar-refractivity contribution >= 4 is 7.60 Å². The minimum absolute atomic E-state index is 0.284. The van der Waals surface area contributed by atoms with E-state index in [4.69, 9.17) is 14.8 Å². The highest BCUT2D eigenvalue weighted by molar-refractivity contribution is 7.56. The van der Waals surface area contributed by atoms with Crippen molar-refractivity contribution in [3.8, 4) is 0 Å². The van der Waals surface area contributed by atoms with Crippen LogP contribution in [0.4, 0.5) is 0 Å². The maximum Gasteiger partial charge on any atom is 0.350 e. The fourth-order valence-corrected chi connectivity index (χ4v) is 4.10. The maximum absolute atomic E-state index is 12.3. The quantitative estimate of drug-likeness (QED) is 0.699. The summed E-state index contributed by atoms with van der Waals surface area (Å²) in [5.74, 6) is 0.284. The molecule has 0 radical (unpaired) electrons. The second-order valence-electron chi connectivity index (χ2n) is 3.63. The lowest BCUT2D eigenvalue weighted by molar-refractivity contribution is 0.207. The molecule has 1 rings (SSSR count). The summed E-state index contributed by atoms with van der Waals surface area (Å²) in [7, 11) is -3.09. The predicted molar refractivity (Wildman–Crippen MR) is 56.2 cm³/mol. The second kappa shape index (κ2) is 4.31. The van der Waals surface area contributed by atoms with E-state index in [2.05, 4.69) is 0 Å². The molecule has 4 nitrogen and oxygen atoms in total. The fourth-order valence-electron chi connectivity index (χ4n) is 1.79. The molecule has 5 heteroatoms. The van der Waals surface area contributed by atoms with Crippen LogP contribution in [0.5, 0.6) is 0 Å². The standard InChI is InChI=1S/C9H20NO3P/c1-4-8-7-9(8,10)14(11,12-5-2)13-6-3/h8H,4-7,10H2,1-3H3/t8-,9-/m0/s1. The van der Waals surface area contributed by atoms with Gasteiger partial charge in [-0.15, -0.1) is 0 Å². The van der Waals surface area contributed by atoms with Gasteiger partial charge in [0.2, 0.25) is 0 Å². The molecule has 1 aliphatic carbocycles. The summed E-state index contributed by atoms with van der Waals surface area (Å²) >= 11 is 0. The average molecular weight is 221 g/mol. The second-order valence-corrected chi connectivity index (χ2v) is 5.98. The molecule has 0 aromatic carbocycles. The molecular weight excluding hydrogens is 201 g/mol. The first-order valence-electron chi connectivity index (χ1n) is 5.22. The van der Waals surface area contributed by atoms with E-state index in [1.807, 2.05) is 6.92 Å². The summed E-state index contributed by atoms with van der Waals surface area (Å²) in [5, 5.41) is -0.715. The fraction of sp³-hybridized carbons (Fsp3) is 1.00.